The van der Waals surface area contributed by atoms with E-state index in [1.54, 1.807) is 6.07 Å². The molecule has 1 unspecified atom stereocenters. The second kappa shape index (κ2) is 7.64. The molecule has 5 heteroatoms. The zero-order valence-corrected chi connectivity index (χ0v) is 14.3. The van der Waals surface area contributed by atoms with Crippen molar-refractivity contribution in [1.82, 2.24) is 4.98 Å². The lowest BCUT2D eigenvalue weighted by Gasteiger charge is -2.10. The Hall–Kier alpha value is -1.82. The second-order valence-electron chi connectivity index (χ2n) is 4.97. The van der Waals surface area contributed by atoms with Crippen molar-refractivity contribution >= 4 is 21.4 Å². The third-order valence-electron chi connectivity index (χ3n) is 3.38. The first-order chi connectivity index (χ1) is 11.1. The molecule has 23 heavy (non-hydrogen) atoms. The first kappa shape index (κ1) is 17.5. The molecule has 0 bridgehead atoms. The van der Waals surface area contributed by atoms with Crippen molar-refractivity contribution in [3.63, 3.8) is 0 Å². The predicted octanol–water partition coefficient (Wildman–Crippen LogP) is 4.43. The summed E-state index contributed by atoms with van der Waals surface area (Å²) in [6.45, 7) is 6.06. The van der Waals surface area contributed by atoms with Crippen LogP contribution in [0, 0.1) is 12.7 Å². The summed E-state index contributed by atoms with van der Waals surface area (Å²) in [7, 11) is 0. The van der Waals surface area contributed by atoms with Crippen LogP contribution in [0.2, 0.25) is 0 Å². The molecule has 2 aromatic heterocycles. The maximum Gasteiger partial charge on any atom is 0.141 e. The third kappa shape index (κ3) is 3.58. The maximum absolute atomic E-state index is 13.8. The van der Waals surface area contributed by atoms with Crippen LogP contribution >= 0.6 is 11.3 Å². The van der Waals surface area contributed by atoms with Gasteiger partial charge in [0.1, 0.15) is 11.9 Å². The fourth-order valence-corrected chi connectivity index (χ4v) is 3.31. The zero-order chi connectivity index (χ0) is 17.0. The zero-order valence-electron chi connectivity index (χ0n) is 13.5. The molecule has 1 aromatic carbocycles. The Balaban J connectivity index is 0.000000924. The lowest BCUT2D eigenvalue weighted by Crippen LogP contribution is -2.13. The maximum atomic E-state index is 13.8. The molecule has 0 aliphatic carbocycles. The average Bonchev–Trinajstić information content (AvgIpc) is 3.01. The number of pyridine rings is 1. The van der Waals surface area contributed by atoms with E-state index in [0.29, 0.717) is 10.4 Å². The lowest BCUT2D eigenvalue weighted by molar-refractivity contribution is 0.182. The van der Waals surface area contributed by atoms with Crippen molar-refractivity contribution < 1.29 is 9.50 Å². The molecule has 122 valence electrons. The van der Waals surface area contributed by atoms with Crippen molar-refractivity contribution in [2.75, 3.05) is 6.54 Å². The molecule has 0 aliphatic heterocycles. The summed E-state index contributed by atoms with van der Waals surface area (Å²) in [6.07, 6.45) is -0.787. The average molecular weight is 332 g/mol. The number of thiophene rings is 1. The van der Waals surface area contributed by atoms with Gasteiger partial charge in [-0.3, -0.25) is 0 Å². The number of rotatable bonds is 3. The van der Waals surface area contributed by atoms with E-state index in [9.17, 15) is 9.50 Å². The van der Waals surface area contributed by atoms with E-state index in [2.05, 4.69) is 4.98 Å². The summed E-state index contributed by atoms with van der Waals surface area (Å²) in [4.78, 5) is 4.48. The van der Waals surface area contributed by atoms with Crippen LogP contribution in [0.1, 0.15) is 31.2 Å². The third-order valence-corrected chi connectivity index (χ3v) is 4.39. The first-order valence-electron chi connectivity index (χ1n) is 7.63. The van der Waals surface area contributed by atoms with Crippen LogP contribution in [-0.2, 0) is 0 Å². The quantitative estimate of drug-likeness (QED) is 0.746. The molecule has 0 fully saturated rings. The minimum Gasteiger partial charge on any atom is -0.385 e. The van der Waals surface area contributed by atoms with Gasteiger partial charge >= 0.3 is 0 Å². The van der Waals surface area contributed by atoms with Crippen LogP contribution in [0.5, 0.6) is 0 Å². The largest absolute Gasteiger partial charge is 0.385 e. The number of aryl methyl sites for hydroxylation is 1. The van der Waals surface area contributed by atoms with Gasteiger partial charge in [0.25, 0.3) is 0 Å². The molecule has 3 nitrogen and oxygen atoms in total. The number of benzene rings is 1. The summed E-state index contributed by atoms with van der Waals surface area (Å²) in [6, 6.07) is 8.78. The Kier molecular flexibility index (Phi) is 5.82. The smallest absolute Gasteiger partial charge is 0.141 e. The van der Waals surface area contributed by atoms with E-state index in [-0.39, 0.29) is 12.4 Å². The van der Waals surface area contributed by atoms with Crippen molar-refractivity contribution in [2.24, 2.45) is 5.73 Å². The Morgan fingerprint density at radius 1 is 1.30 bits per heavy atom. The highest BCUT2D eigenvalue weighted by molar-refractivity contribution is 7.17. The fourth-order valence-electron chi connectivity index (χ4n) is 2.34. The predicted molar refractivity (Wildman–Crippen MR) is 95.1 cm³/mol. The molecule has 0 radical (unpaired) electrons. The molecule has 3 rings (SSSR count). The fraction of sp³-hybridized carbons (Fsp3) is 0.278. The Morgan fingerprint density at radius 2 is 2.04 bits per heavy atom. The van der Waals surface area contributed by atoms with Crippen molar-refractivity contribution in [3.05, 3.63) is 52.8 Å². The molecule has 2 heterocycles. The molecular formula is C18H21FN2OS. The van der Waals surface area contributed by atoms with E-state index in [4.69, 9.17) is 5.73 Å². The van der Waals surface area contributed by atoms with Gasteiger partial charge in [0.15, 0.2) is 0 Å². The minimum absolute atomic E-state index is 0.120. The minimum atomic E-state index is -0.787. The van der Waals surface area contributed by atoms with Crippen molar-refractivity contribution in [1.29, 1.82) is 0 Å². The summed E-state index contributed by atoms with van der Waals surface area (Å²) < 4.78 is 14.4. The van der Waals surface area contributed by atoms with Crippen LogP contribution < -0.4 is 5.73 Å². The van der Waals surface area contributed by atoms with Gasteiger partial charge in [-0.15, -0.1) is 11.3 Å². The SMILES string of the molecule is CC.Cc1cc(-c2csc3c(F)cccc23)nc(C(O)CN)c1. The van der Waals surface area contributed by atoms with Crippen LogP contribution in [0.15, 0.2) is 35.7 Å². The Labute approximate surface area is 139 Å². The number of aliphatic hydroxyl groups excluding tert-OH is 1. The van der Waals surface area contributed by atoms with E-state index in [1.165, 1.54) is 17.4 Å². The van der Waals surface area contributed by atoms with Crippen molar-refractivity contribution in [2.45, 2.75) is 26.9 Å². The molecule has 0 spiro atoms. The first-order valence-corrected chi connectivity index (χ1v) is 8.51. The van der Waals surface area contributed by atoms with E-state index < -0.39 is 6.10 Å². The van der Waals surface area contributed by atoms with Gasteiger partial charge in [0.05, 0.1) is 16.1 Å². The van der Waals surface area contributed by atoms with Gasteiger partial charge in [0, 0.05) is 22.9 Å². The summed E-state index contributed by atoms with van der Waals surface area (Å²) in [5.74, 6) is -0.224. The molecule has 0 saturated carbocycles. The Bertz CT molecular complexity index is 801. The number of fused-ring (bicyclic) bond motifs is 1. The number of hydrogen-bond acceptors (Lipinski definition) is 4. The highest BCUT2D eigenvalue weighted by Crippen LogP contribution is 2.35. The van der Waals surface area contributed by atoms with Crippen LogP contribution in [-0.4, -0.2) is 16.6 Å². The number of hydrogen-bond donors (Lipinski definition) is 2. The van der Waals surface area contributed by atoms with E-state index in [0.717, 1.165) is 22.2 Å². The van der Waals surface area contributed by atoms with E-state index in [1.807, 2.05) is 44.4 Å². The molecule has 1 atom stereocenters. The topological polar surface area (TPSA) is 59.1 Å². The van der Waals surface area contributed by atoms with Gasteiger partial charge in [-0.05, 0) is 30.7 Å². The van der Waals surface area contributed by atoms with Gasteiger partial charge in [-0.25, -0.2) is 9.37 Å². The van der Waals surface area contributed by atoms with Gasteiger partial charge < -0.3 is 10.8 Å². The monoisotopic (exact) mass is 332 g/mol. The Morgan fingerprint density at radius 3 is 2.74 bits per heavy atom. The highest BCUT2D eigenvalue weighted by atomic mass is 32.1. The van der Waals surface area contributed by atoms with Crippen LogP contribution in [0.3, 0.4) is 0 Å². The number of nitrogens with two attached hydrogens (primary N) is 1. The molecule has 0 saturated heterocycles. The van der Waals surface area contributed by atoms with Gasteiger partial charge in [0.2, 0.25) is 0 Å². The standard InChI is InChI=1S/C16H15FN2OS.C2H6/c1-9-5-13(19-14(6-9)15(20)7-18)11-8-21-16-10(11)3-2-4-12(16)17;1-2/h2-6,8,15,20H,7,18H2,1H3;1-2H3. The number of nitrogens with zero attached hydrogens (tertiary/aromatic N) is 1. The van der Waals surface area contributed by atoms with Gasteiger partial charge in [-0.2, -0.15) is 0 Å². The molecule has 3 N–H and O–H groups in total. The number of aromatic nitrogens is 1. The number of halogens is 1. The summed E-state index contributed by atoms with van der Waals surface area (Å²) >= 11 is 1.36. The highest BCUT2D eigenvalue weighted by Gasteiger charge is 2.14. The second-order valence-corrected chi connectivity index (χ2v) is 5.85. The van der Waals surface area contributed by atoms with Gasteiger partial charge in [-0.1, -0.05) is 26.0 Å². The molecular weight excluding hydrogens is 311 g/mol. The van der Waals surface area contributed by atoms with Crippen LogP contribution in [0.4, 0.5) is 4.39 Å². The number of aliphatic hydroxyl groups is 1. The molecule has 3 aromatic rings. The van der Waals surface area contributed by atoms with Crippen molar-refractivity contribution in [3.8, 4) is 11.3 Å². The van der Waals surface area contributed by atoms with E-state index >= 15 is 0 Å². The summed E-state index contributed by atoms with van der Waals surface area (Å²) in [5.41, 5.74) is 8.63. The summed E-state index contributed by atoms with van der Waals surface area (Å²) in [5, 5.41) is 12.6. The normalized spacial score (nSPS) is 11.9. The molecule has 0 aliphatic rings. The lowest BCUT2D eigenvalue weighted by atomic mass is 10.1. The van der Waals surface area contributed by atoms with Crippen LogP contribution in [0.25, 0.3) is 21.3 Å². The molecule has 0 amide bonds.